The molecule has 3 aromatic rings. The van der Waals surface area contributed by atoms with Crippen molar-refractivity contribution in [2.75, 3.05) is 0 Å². The summed E-state index contributed by atoms with van der Waals surface area (Å²) in [6.45, 7) is 1.88. The minimum absolute atomic E-state index is 0.936. The van der Waals surface area contributed by atoms with Gasteiger partial charge in [-0.05, 0) is 27.7 Å². The Kier molecular flexibility index (Phi) is 2.97. The molecule has 19 heavy (non-hydrogen) atoms. The quantitative estimate of drug-likeness (QED) is 0.634. The summed E-state index contributed by atoms with van der Waals surface area (Å²) in [5, 5.41) is 4.15. The topological polar surface area (TPSA) is 19.9 Å². The molecule has 1 radical (unpaired) electrons. The van der Waals surface area contributed by atoms with Gasteiger partial charge in [0.2, 0.25) is 0 Å². The van der Waals surface area contributed by atoms with Gasteiger partial charge in [-0.2, -0.15) is 0 Å². The Hall–Kier alpha value is -1.90. The van der Waals surface area contributed by atoms with Crippen LogP contribution in [0.4, 0.5) is 0 Å². The molecule has 93 valence electrons. The van der Waals surface area contributed by atoms with E-state index in [4.69, 9.17) is 0 Å². The molecule has 0 amide bonds. The van der Waals surface area contributed by atoms with Crippen LogP contribution in [0.1, 0.15) is 0 Å². The van der Waals surface area contributed by atoms with E-state index in [0.717, 1.165) is 21.1 Å². The van der Waals surface area contributed by atoms with Crippen molar-refractivity contribution < 1.29 is 4.80 Å². The maximum atomic E-state index is 13.3. The van der Waals surface area contributed by atoms with Crippen LogP contribution in [0.2, 0.25) is 6.55 Å². The van der Waals surface area contributed by atoms with Crippen LogP contribution in [-0.2, 0) is 4.80 Å². The smallest absolute Gasteiger partial charge is 0.286 e. The van der Waals surface area contributed by atoms with Crippen molar-refractivity contribution in [3.63, 3.8) is 0 Å². The lowest BCUT2D eigenvalue weighted by atomic mass is 10.1. The van der Waals surface area contributed by atoms with Crippen molar-refractivity contribution >= 4 is 29.5 Å². The molecule has 0 saturated carbocycles. The highest BCUT2D eigenvalue weighted by Gasteiger charge is 2.33. The Morgan fingerprint density at radius 3 is 2.16 bits per heavy atom. The minimum atomic E-state index is -2.87. The van der Waals surface area contributed by atoms with Gasteiger partial charge in [-0.15, -0.1) is 0 Å². The second-order valence-electron chi connectivity index (χ2n) is 4.93. The summed E-state index contributed by atoms with van der Waals surface area (Å²) in [6, 6.07) is 23.9. The Morgan fingerprint density at radius 2 is 1.37 bits per heavy atom. The van der Waals surface area contributed by atoms with Crippen LogP contribution in [0.5, 0.6) is 0 Å². The molecule has 3 aromatic carbocycles. The predicted molar refractivity (Wildman–Crippen MR) is 82.0 cm³/mol. The van der Waals surface area contributed by atoms with E-state index in [-0.39, 0.29) is 0 Å². The number of hydrogen-bond donors (Lipinski definition) is 0. The summed E-state index contributed by atoms with van der Waals surface area (Å²) >= 11 is 0. The molecule has 0 N–H and O–H groups in total. The first-order valence-corrected chi connectivity index (χ1v) is 8.84. The highest BCUT2D eigenvalue weighted by molar-refractivity contribution is 6.96. The maximum absolute atomic E-state index is 13.3. The summed E-state index contributed by atoms with van der Waals surface area (Å²) in [7, 11) is -2.87. The third-order valence-corrected chi connectivity index (χ3v) is 6.53. The molecular formula is C17H15OSi. The zero-order chi connectivity index (χ0) is 13.3. The average molecular weight is 263 g/mol. The fourth-order valence-electron chi connectivity index (χ4n) is 2.55. The SMILES string of the molecule is C[Si]([O])(c1ccccc1)c1cccc2ccccc12. The predicted octanol–water partition coefficient (Wildman–Crippen LogP) is 2.96. The van der Waals surface area contributed by atoms with Crippen molar-refractivity contribution in [1.82, 2.24) is 0 Å². The molecule has 1 unspecified atom stereocenters. The van der Waals surface area contributed by atoms with E-state index in [1.165, 1.54) is 0 Å². The molecule has 0 fully saturated rings. The molecular weight excluding hydrogens is 248 g/mol. The second-order valence-corrected chi connectivity index (χ2v) is 8.11. The molecule has 2 heteroatoms. The van der Waals surface area contributed by atoms with Crippen LogP contribution in [0.25, 0.3) is 10.8 Å². The number of rotatable bonds is 2. The highest BCUT2D eigenvalue weighted by atomic mass is 28.4. The van der Waals surface area contributed by atoms with Crippen molar-refractivity contribution in [2.45, 2.75) is 6.55 Å². The standard InChI is InChI=1S/C17H15OSi/c1-19(18,15-10-3-2-4-11-15)17-13-7-9-14-8-5-6-12-16(14)17/h2-13H,1H3. The Bertz CT molecular complexity index is 699. The molecule has 0 heterocycles. The lowest BCUT2D eigenvalue weighted by molar-refractivity contribution is 0.450. The highest BCUT2D eigenvalue weighted by Crippen LogP contribution is 2.14. The van der Waals surface area contributed by atoms with Gasteiger partial charge in [-0.1, -0.05) is 72.8 Å². The van der Waals surface area contributed by atoms with Gasteiger partial charge in [0.25, 0.3) is 8.32 Å². The maximum Gasteiger partial charge on any atom is 0.296 e. The number of benzene rings is 3. The summed E-state index contributed by atoms with van der Waals surface area (Å²) in [5.41, 5.74) is 0. The summed E-state index contributed by atoms with van der Waals surface area (Å²) < 4.78 is 0. The Labute approximate surface area is 114 Å². The van der Waals surface area contributed by atoms with Gasteiger partial charge in [0.15, 0.2) is 0 Å². The molecule has 3 rings (SSSR count). The molecule has 0 aliphatic rings. The first-order chi connectivity index (χ1) is 9.19. The lowest BCUT2D eigenvalue weighted by Gasteiger charge is -2.20. The average Bonchev–Trinajstić information content (AvgIpc) is 2.47. The third-order valence-electron chi connectivity index (χ3n) is 3.63. The molecule has 0 bridgehead atoms. The van der Waals surface area contributed by atoms with Crippen LogP contribution in [-0.4, -0.2) is 8.32 Å². The fraction of sp³-hybridized carbons (Fsp3) is 0.0588. The summed E-state index contributed by atoms with van der Waals surface area (Å²) in [5.74, 6) is 0. The van der Waals surface area contributed by atoms with Gasteiger partial charge in [0.1, 0.15) is 0 Å². The van der Waals surface area contributed by atoms with Crippen molar-refractivity contribution in [1.29, 1.82) is 0 Å². The number of hydrogen-bond acceptors (Lipinski definition) is 0. The van der Waals surface area contributed by atoms with E-state index in [9.17, 15) is 4.80 Å². The van der Waals surface area contributed by atoms with Crippen LogP contribution in [0.3, 0.4) is 0 Å². The zero-order valence-electron chi connectivity index (χ0n) is 10.8. The van der Waals surface area contributed by atoms with Crippen LogP contribution in [0, 0.1) is 0 Å². The normalized spacial score (nSPS) is 14.2. The second kappa shape index (κ2) is 4.65. The summed E-state index contributed by atoms with van der Waals surface area (Å²) in [4.78, 5) is 13.3. The first kappa shape index (κ1) is 12.1. The van der Waals surface area contributed by atoms with Gasteiger partial charge in [-0.25, -0.2) is 0 Å². The van der Waals surface area contributed by atoms with Gasteiger partial charge in [0.05, 0.1) is 0 Å². The van der Waals surface area contributed by atoms with Crippen molar-refractivity contribution in [3.8, 4) is 0 Å². The Morgan fingerprint density at radius 1 is 0.737 bits per heavy atom. The fourth-order valence-corrected chi connectivity index (χ4v) is 4.85. The van der Waals surface area contributed by atoms with E-state index in [1.54, 1.807) is 0 Å². The third kappa shape index (κ3) is 2.09. The van der Waals surface area contributed by atoms with Crippen molar-refractivity contribution in [2.24, 2.45) is 0 Å². The molecule has 0 saturated heterocycles. The molecule has 0 aromatic heterocycles. The van der Waals surface area contributed by atoms with Gasteiger partial charge >= 0.3 is 0 Å². The van der Waals surface area contributed by atoms with Crippen LogP contribution < -0.4 is 10.4 Å². The molecule has 0 aliphatic carbocycles. The van der Waals surface area contributed by atoms with Gasteiger partial charge < -0.3 is 0 Å². The van der Waals surface area contributed by atoms with E-state index in [1.807, 2.05) is 61.1 Å². The molecule has 0 spiro atoms. The van der Waals surface area contributed by atoms with E-state index in [0.29, 0.717) is 0 Å². The van der Waals surface area contributed by atoms with Crippen LogP contribution in [0.15, 0.2) is 72.8 Å². The molecule has 1 nitrogen and oxygen atoms in total. The van der Waals surface area contributed by atoms with Crippen LogP contribution >= 0.6 is 0 Å². The molecule has 0 aliphatic heterocycles. The molecule has 1 atom stereocenters. The van der Waals surface area contributed by atoms with E-state index < -0.39 is 8.32 Å². The monoisotopic (exact) mass is 263 g/mol. The Balaban J connectivity index is 2.24. The van der Waals surface area contributed by atoms with E-state index >= 15 is 0 Å². The van der Waals surface area contributed by atoms with E-state index in [2.05, 4.69) is 18.2 Å². The number of fused-ring (bicyclic) bond motifs is 1. The first-order valence-electron chi connectivity index (χ1n) is 6.44. The minimum Gasteiger partial charge on any atom is -0.286 e. The summed E-state index contributed by atoms with van der Waals surface area (Å²) in [6.07, 6.45) is 0. The lowest BCUT2D eigenvalue weighted by Crippen LogP contribution is -2.55. The van der Waals surface area contributed by atoms with Crippen molar-refractivity contribution in [3.05, 3.63) is 72.8 Å². The largest absolute Gasteiger partial charge is 0.296 e. The van der Waals surface area contributed by atoms with Gasteiger partial charge in [0, 0.05) is 0 Å². The van der Waals surface area contributed by atoms with Gasteiger partial charge in [-0.3, -0.25) is 4.80 Å². The zero-order valence-corrected chi connectivity index (χ0v) is 11.8.